The fourth-order valence-corrected chi connectivity index (χ4v) is 3.49. The van der Waals surface area contributed by atoms with Crippen LogP contribution in [0.25, 0.3) is 0 Å². The van der Waals surface area contributed by atoms with Gasteiger partial charge in [-0.2, -0.15) is 0 Å². The molecule has 0 saturated carbocycles. The molecule has 1 aromatic carbocycles. The summed E-state index contributed by atoms with van der Waals surface area (Å²) in [6, 6.07) is 8.57. The Balaban J connectivity index is 1.60. The van der Waals surface area contributed by atoms with Crippen LogP contribution in [0.2, 0.25) is 0 Å². The monoisotopic (exact) mass is 316 g/mol. The predicted octanol–water partition coefficient (Wildman–Crippen LogP) is 0.906. The summed E-state index contributed by atoms with van der Waals surface area (Å²) in [5.41, 5.74) is 1.21. The third-order valence-corrected chi connectivity index (χ3v) is 4.62. The smallest absolute Gasteiger partial charge is 0.326 e. The molecule has 23 heavy (non-hydrogen) atoms. The topological polar surface area (TPSA) is 77.9 Å². The number of fused-ring (bicyclic) bond motifs is 1. The lowest BCUT2D eigenvalue weighted by Crippen LogP contribution is -2.60. The molecule has 122 valence electrons. The number of benzene rings is 1. The lowest BCUT2D eigenvalue weighted by molar-refractivity contribution is -0.160. The molecule has 1 unspecified atom stereocenters. The number of aliphatic carboxylic acids is 1. The minimum atomic E-state index is -1.02. The maximum atomic E-state index is 12.5. The van der Waals surface area contributed by atoms with E-state index in [-0.39, 0.29) is 18.4 Å². The largest absolute Gasteiger partial charge is 0.480 e. The van der Waals surface area contributed by atoms with Crippen molar-refractivity contribution < 1.29 is 19.5 Å². The van der Waals surface area contributed by atoms with Crippen LogP contribution in [0.15, 0.2) is 30.3 Å². The lowest BCUT2D eigenvalue weighted by atomic mass is 10.1. The van der Waals surface area contributed by atoms with Crippen LogP contribution >= 0.6 is 0 Å². The van der Waals surface area contributed by atoms with E-state index in [1.807, 2.05) is 30.3 Å². The molecule has 1 N–H and O–H groups in total. The summed E-state index contributed by atoms with van der Waals surface area (Å²) in [6.07, 6.45) is 2.44. The van der Waals surface area contributed by atoms with Crippen molar-refractivity contribution in [3.8, 4) is 0 Å². The van der Waals surface area contributed by atoms with Gasteiger partial charge >= 0.3 is 5.97 Å². The van der Waals surface area contributed by atoms with Crippen LogP contribution in [0.1, 0.15) is 24.8 Å². The van der Waals surface area contributed by atoms with E-state index in [4.69, 9.17) is 0 Å². The Hall–Kier alpha value is -2.37. The first-order valence-electron chi connectivity index (χ1n) is 7.94. The van der Waals surface area contributed by atoms with Gasteiger partial charge in [-0.25, -0.2) is 4.79 Å². The summed E-state index contributed by atoms with van der Waals surface area (Å²) in [4.78, 5) is 38.8. The average molecular weight is 316 g/mol. The van der Waals surface area contributed by atoms with Gasteiger partial charge in [0.05, 0.1) is 6.54 Å². The van der Waals surface area contributed by atoms with Crippen LogP contribution < -0.4 is 0 Å². The van der Waals surface area contributed by atoms with Gasteiger partial charge in [-0.15, -0.1) is 0 Å². The Labute approximate surface area is 134 Å². The number of carboxylic acid groups (broad SMARTS) is 1. The summed E-state index contributed by atoms with van der Waals surface area (Å²) in [6.45, 7) is 0.523. The third kappa shape index (κ3) is 3.06. The third-order valence-electron chi connectivity index (χ3n) is 4.62. The van der Waals surface area contributed by atoms with Crippen molar-refractivity contribution in [2.45, 2.75) is 37.8 Å². The van der Waals surface area contributed by atoms with Gasteiger partial charge in [0.2, 0.25) is 11.8 Å². The van der Waals surface area contributed by atoms with Crippen molar-refractivity contribution in [2.24, 2.45) is 0 Å². The van der Waals surface area contributed by atoms with E-state index in [0.717, 1.165) is 12.8 Å². The fourth-order valence-electron chi connectivity index (χ4n) is 3.49. The van der Waals surface area contributed by atoms with Gasteiger partial charge in [0.1, 0.15) is 12.1 Å². The van der Waals surface area contributed by atoms with Gasteiger partial charge in [-0.1, -0.05) is 30.3 Å². The highest BCUT2D eigenvalue weighted by Gasteiger charge is 2.48. The van der Waals surface area contributed by atoms with Crippen LogP contribution in [-0.4, -0.2) is 57.9 Å². The molecule has 0 spiro atoms. The van der Waals surface area contributed by atoms with Crippen LogP contribution in [-0.2, 0) is 20.8 Å². The normalized spacial score (nSPS) is 24.0. The summed E-state index contributed by atoms with van der Waals surface area (Å²) in [5, 5.41) is 9.17. The summed E-state index contributed by atoms with van der Waals surface area (Å²) >= 11 is 0. The van der Waals surface area contributed by atoms with Crippen molar-refractivity contribution in [1.29, 1.82) is 0 Å². The second-order valence-corrected chi connectivity index (χ2v) is 6.10. The number of aryl methyl sites for hydroxylation is 1. The molecule has 2 amide bonds. The molecule has 2 saturated heterocycles. The van der Waals surface area contributed by atoms with Gasteiger partial charge in [0.25, 0.3) is 0 Å². The Morgan fingerprint density at radius 1 is 1.17 bits per heavy atom. The molecule has 0 bridgehead atoms. The number of nitrogens with zero attached hydrogens (tertiary/aromatic N) is 2. The van der Waals surface area contributed by atoms with Crippen molar-refractivity contribution >= 4 is 17.8 Å². The number of hydrogen-bond donors (Lipinski definition) is 1. The number of hydrogen-bond acceptors (Lipinski definition) is 3. The van der Waals surface area contributed by atoms with E-state index in [9.17, 15) is 19.5 Å². The average Bonchev–Trinajstić information content (AvgIpc) is 2.99. The first-order valence-corrected chi connectivity index (χ1v) is 7.94. The van der Waals surface area contributed by atoms with Crippen LogP contribution in [0.4, 0.5) is 0 Å². The molecule has 2 aliphatic heterocycles. The second-order valence-electron chi connectivity index (χ2n) is 6.10. The molecule has 0 radical (unpaired) electrons. The summed E-state index contributed by atoms with van der Waals surface area (Å²) in [5.74, 6) is -1.38. The minimum absolute atomic E-state index is 0.00605. The standard InChI is InChI=1S/C17H20N2O4/c20-15-11-18(10-4-7-12-5-2-1-3-6-12)16(21)13-8-9-14(17(22)23)19(13)15/h1-3,5-6,13-14H,4,7-11H2,(H,22,23)/t13-,14?/m0/s1. The first-order chi connectivity index (χ1) is 11.1. The van der Waals surface area contributed by atoms with Crippen LogP contribution in [0.5, 0.6) is 0 Å². The van der Waals surface area contributed by atoms with Gasteiger partial charge in [-0.05, 0) is 31.2 Å². The highest BCUT2D eigenvalue weighted by molar-refractivity contribution is 5.98. The molecular formula is C17H20N2O4. The van der Waals surface area contributed by atoms with Gasteiger partial charge in [0.15, 0.2) is 0 Å². The molecule has 3 rings (SSSR count). The molecule has 6 heteroatoms. The van der Waals surface area contributed by atoms with E-state index in [2.05, 4.69) is 0 Å². The Morgan fingerprint density at radius 2 is 1.91 bits per heavy atom. The predicted molar refractivity (Wildman–Crippen MR) is 82.6 cm³/mol. The molecular weight excluding hydrogens is 296 g/mol. The molecule has 2 heterocycles. The number of carboxylic acids is 1. The van der Waals surface area contributed by atoms with E-state index < -0.39 is 18.1 Å². The zero-order valence-electron chi connectivity index (χ0n) is 12.9. The number of piperazine rings is 1. The molecule has 0 aromatic heterocycles. The SMILES string of the molecule is O=C(O)C1CC[C@H]2C(=O)N(CCCc3ccccc3)CC(=O)N12. The molecule has 6 nitrogen and oxygen atoms in total. The zero-order valence-corrected chi connectivity index (χ0v) is 12.9. The molecule has 2 fully saturated rings. The molecule has 0 aliphatic carbocycles. The van der Waals surface area contributed by atoms with E-state index in [1.54, 1.807) is 4.90 Å². The van der Waals surface area contributed by atoms with Crippen LogP contribution in [0.3, 0.4) is 0 Å². The maximum absolute atomic E-state index is 12.5. The van der Waals surface area contributed by atoms with Gasteiger partial charge in [-0.3, -0.25) is 9.59 Å². The van der Waals surface area contributed by atoms with Crippen molar-refractivity contribution in [1.82, 2.24) is 9.80 Å². The summed E-state index contributed by atoms with van der Waals surface area (Å²) < 4.78 is 0. The fraction of sp³-hybridized carbons (Fsp3) is 0.471. The Kier molecular flexibility index (Phi) is 4.32. The minimum Gasteiger partial charge on any atom is -0.480 e. The molecule has 2 atom stereocenters. The maximum Gasteiger partial charge on any atom is 0.326 e. The van der Waals surface area contributed by atoms with Gasteiger partial charge in [0, 0.05) is 6.54 Å². The second kappa shape index (κ2) is 6.40. The van der Waals surface area contributed by atoms with Crippen LogP contribution in [0, 0.1) is 0 Å². The Morgan fingerprint density at radius 3 is 2.61 bits per heavy atom. The number of amides is 2. The quantitative estimate of drug-likeness (QED) is 0.876. The lowest BCUT2D eigenvalue weighted by Gasteiger charge is -2.38. The molecule has 2 aliphatic rings. The van der Waals surface area contributed by atoms with Gasteiger partial charge < -0.3 is 14.9 Å². The zero-order chi connectivity index (χ0) is 16.4. The highest BCUT2D eigenvalue weighted by atomic mass is 16.4. The van der Waals surface area contributed by atoms with E-state index >= 15 is 0 Å². The number of rotatable bonds is 5. The van der Waals surface area contributed by atoms with Crippen molar-refractivity contribution in [3.63, 3.8) is 0 Å². The highest BCUT2D eigenvalue weighted by Crippen LogP contribution is 2.29. The van der Waals surface area contributed by atoms with Crippen molar-refractivity contribution in [3.05, 3.63) is 35.9 Å². The van der Waals surface area contributed by atoms with E-state index in [1.165, 1.54) is 10.5 Å². The number of carbonyl (C=O) groups excluding carboxylic acids is 2. The Bertz CT molecular complexity index is 616. The first kappa shape index (κ1) is 15.5. The summed E-state index contributed by atoms with van der Waals surface area (Å²) in [7, 11) is 0. The van der Waals surface area contributed by atoms with E-state index in [0.29, 0.717) is 19.4 Å². The van der Waals surface area contributed by atoms with Crippen molar-refractivity contribution in [2.75, 3.05) is 13.1 Å². The number of carbonyl (C=O) groups is 3. The molecule has 1 aromatic rings.